The third-order valence-electron chi connectivity index (χ3n) is 1.45. The van der Waals surface area contributed by atoms with Crippen LogP contribution in [0.5, 0.6) is 0 Å². The van der Waals surface area contributed by atoms with Crippen LogP contribution in [0.2, 0.25) is 0 Å². The van der Waals surface area contributed by atoms with Crippen LogP contribution in [-0.2, 0) is 4.79 Å². The number of aromatic amines is 1. The molecule has 0 aliphatic rings. The van der Waals surface area contributed by atoms with Gasteiger partial charge >= 0.3 is 6.18 Å². The summed E-state index contributed by atoms with van der Waals surface area (Å²) in [5.41, 5.74) is 1.22. The van der Waals surface area contributed by atoms with Crippen molar-refractivity contribution in [3.63, 3.8) is 0 Å². The van der Waals surface area contributed by atoms with Gasteiger partial charge in [-0.2, -0.15) is 13.2 Å². The van der Waals surface area contributed by atoms with Crippen molar-refractivity contribution in [2.75, 3.05) is 19.0 Å². The Bertz CT molecular complexity index is 325. The summed E-state index contributed by atoms with van der Waals surface area (Å²) in [6, 6.07) is 4.06. The van der Waals surface area contributed by atoms with Gasteiger partial charge in [-0.25, -0.2) is 4.98 Å². The number of halogens is 3. The molecule has 1 aromatic heterocycles. The fourth-order valence-corrected chi connectivity index (χ4v) is 0.676. The zero-order chi connectivity index (χ0) is 12.8. The number of carboxylic acid groups (broad SMARTS) is 1. The number of carboxylic acids is 1. The molecule has 0 atom stereocenters. The van der Waals surface area contributed by atoms with Crippen LogP contribution in [0.25, 0.3) is 0 Å². The number of H-pyrrole nitrogens is 1. The van der Waals surface area contributed by atoms with E-state index in [1.807, 2.05) is 38.6 Å². The Hall–Kier alpha value is -1.79. The normalized spacial score (nSPS) is 10.1. The monoisotopic (exact) mass is 236 g/mol. The number of hydrogen-bond acceptors (Lipinski definition) is 3. The highest BCUT2D eigenvalue weighted by atomic mass is 19.4. The molecule has 1 N–H and O–H groups in total. The van der Waals surface area contributed by atoms with Crippen LogP contribution in [0, 0.1) is 0 Å². The molecule has 0 spiro atoms. The predicted molar refractivity (Wildman–Crippen MR) is 48.4 cm³/mol. The molecule has 0 fully saturated rings. The molecule has 90 valence electrons. The third-order valence-corrected chi connectivity index (χ3v) is 1.45. The van der Waals surface area contributed by atoms with E-state index in [1.54, 1.807) is 0 Å². The molecule has 16 heavy (non-hydrogen) atoms. The lowest BCUT2D eigenvalue weighted by molar-refractivity contribution is -0.377. The minimum Gasteiger partial charge on any atom is -0.542 e. The minimum absolute atomic E-state index is 1.22. The zero-order valence-electron chi connectivity index (χ0n) is 8.71. The summed E-state index contributed by atoms with van der Waals surface area (Å²) in [4.78, 5) is 13.8. The molecule has 0 radical (unpaired) electrons. The summed E-state index contributed by atoms with van der Waals surface area (Å²) >= 11 is 0. The molecule has 0 saturated heterocycles. The second-order valence-electron chi connectivity index (χ2n) is 2.94. The van der Waals surface area contributed by atoms with Crippen molar-refractivity contribution in [3.05, 3.63) is 24.5 Å². The van der Waals surface area contributed by atoms with E-state index in [2.05, 4.69) is 9.88 Å². The first-order valence-corrected chi connectivity index (χ1v) is 4.16. The number of nitrogens with zero attached hydrogens (tertiary/aromatic N) is 1. The molecule has 7 heteroatoms. The first-order chi connectivity index (χ1) is 7.25. The number of carbonyl (C=O) groups excluding carboxylic acids is 1. The van der Waals surface area contributed by atoms with E-state index in [1.165, 1.54) is 5.69 Å². The van der Waals surface area contributed by atoms with Crippen molar-refractivity contribution >= 4 is 11.7 Å². The van der Waals surface area contributed by atoms with Crippen LogP contribution in [0.1, 0.15) is 0 Å². The summed E-state index contributed by atoms with van der Waals surface area (Å²) in [7, 11) is 4.05. The van der Waals surface area contributed by atoms with Crippen LogP contribution in [0.4, 0.5) is 18.9 Å². The first kappa shape index (κ1) is 14.2. The molecule has 0 unspecified atom stereocenters. The van der Waals surface area contributed by atoms with Gasteiger partial charge in [0.15, 0.2) is 12.4 Å². The summed E-state index contributed by atoms with van der Waals surface area (Å²) < 4.78 is 31.5. The van der Waals surface area contributed by atoms with Crippen LogP contribution < -0.4 is 15.0 Å². The number of aromatic nitrogens is 1. The summed E-state index contributed by atoms with van der Waals surface area (Å²) in [5.74, 6) is -3.01. The molecule has 0 aromatic carbocycles. The molecular formula is C9H11F3N2O2. The van der Waals surface area contributed by atoms with Crippen LogP contribution in [0.3, 0.4) is 0 Å². The molecule has 1 rings (SSSR count). The molecule has 0 aliphatic carbocycles. The highest BCUT2D eigenvalue weighted by molar-refractivity contribution is 5.70. The van der Waals surface area contributed by atoms with E-state index in [0.717, 1.165) is 0 Å². The lowest BCUT2D eigenvalue weighted by Crippen LogP contribution is -2.37. The van der Waals surface area contributed by atoms with Gasteiger partial charge in [0.2, 0.25) is 0 Å². The number of anilines is 1. The summed E-state index contributed by atoms with van der Waals surface area (Å²) in [6.07, 6.45) is -1.37. The van der Waals surface area contributed by atoms with Gasteiger partial charge in [-0.1, -0.05) is 0 Å². The van der Waals surface area contributed by atoms with Gasteiger partial charge in [0.05, 0.1) is 0 Å². The van der Waals surface area contributed by atoms with Crippen molar-refractivity contribution in [3.8, 4) is 0 Å². The van der Waals surface area contributed by atoms with E-state index < -0.39 is 12.1 Å². The number of pyridine rings is 1. The maximum absolute atomic E-state index is 10.5. The van der Waals surface area contributed by atoms with Gasteiger partial charge in [0.1, 0.15) is 5.97 Å². The highest BCUT2D eigenvalue weighted by Crippen LogP contribution is 2.11. The SMILES string of the molecule is CN(C)c1cc[nH+]cc1.O=C([O-])C(F)(F)F. The quantitative estimate of drug-likeness (QED) is 0.682. The molecular weight excluding hydrogens is 225 g/mol. The van der Waals surface area contributed by atoms with Crippen molar-refractivity contribution < 1.29 is 28.1 Å². The van der Waals surface area contributed by atoms with Crippen LogP contribution in [-0.4, -0.2) is 26.2 Å². The van der Waals surface area contributed by atoms with Crippen LogP contribution in [0.15, 0.2) is 24.5 Å². The fraction of sp³-hybridized carbons (Fsp3) is 0.333. The Kier molecular flexibility index (Phi) is 5.27. The lowest BCUT2D eigenvalue weighted by Gasteiger charge is -2.08. The molecule has 0 aliphatic heterocycles. The van der Waals surface area contributed by atoms with Gasteiger partial charge in [-0.3, -0.25) is 0 Å². The highest BCUT2D eigenvalue weighted by Gasteiger charge is 2.28. The third kappa shape index (κ3) is 5.84. The number of alkyl halides is 3. The number of hydrogen-bond donors (Lipinski definition) is 0. The first-order valence-electron chi connectivity index (χ1n) is 4.16. The van der Waals surface area contributed by atoms with Crippen LogP contribution >= 0.6 is 0 Å². The average molecular weight is 236 g/mol. The lowest BCUT2D eigenvalue weighted by atomic mass is 10.4. The Balaban J connectivity index is 0.000000293. The Morgan fingerprint density at radius 2 is 1.69 bits per heavy atom. The van der Waals surface area contributed by atoms with Crippen molar-refractivity contribution in [2.24, 2.45) is 0 Å². The van der Waals surface area contributed by atoms with E-state index in [0.29, 0.717) is 0 Å². The topological polar surface area (TPSA) is 57.5 Å². The van der Waals surface area contributed by atoms with Gasteiger partial charge in [-0.15, -0.1) is 0 Å². The molecule has 4 nitrogen and oxygen atoms in total. The molecule has 0 amide bonds. The molecule has 1 aromatic rings. The van der Waals surface area contributed by atoms with Gasteiger partial charge < -0.3 is 14.8 Å². The van der Waals surface area contributed by atoms with Gasteiger partial charge in [-0.05, 0) is 0 Å². The fourth-order valence-electron chi connectivity index (χ4n) is 0.676. The maximum atomic E-state index is 10.5. The van der Waals surface area contributed by atoms with E-state index in [-0.39, 0.29) is 0 Å². The Morgan fingerprint density at radius 1 is 1.31 bits per heavy atom. The molecule has 0 bridgehead atoms. The number of aliphatic carboxylic acids is 1. The van der Waals surface area contributed by atoms with Crippen molar-refractivity contribution in [2.45, 2.75) is 6.18 Å². The number of carbonyl (C=O) groups is 1. The van der Waals surface area contributed by atoms with E-state index >= 15 is 0 Å². The zero-order valence-corrected chi connectivity index (χ0v) is 8.71. The number of rotatable bonds is 1. The molecule has 1 heterocycles. The van der Waals surface area contributed by atoms with E-state index in [9.17, 15) is 13.2 Å². The summed E-state index contributed by atoms with van der Waals surface area (Å²) in [5, 5.41) is 8.78. The average Bonchev–Trinajstić information content (AvgIpc) is 2.18. The second-order valence-corrected chi connectivity index (χ2v) is 2.94. The number of nitrogens with one attached hydrogen (secondary N) is 1. The van der Waals surface area contributed by atoms with E-state index in [4.69, 9.17) is 9.90 Å². The van der Waals surface area contributed by atoms with Crippen molar-refractivity contribution in [1.82, 2.24) is 0 Å². The molecule has 0 saturated carbocycles. The minimum atomic E-state index is -5.19. The van der Waals surface area contributed by atoms with Gasteiger partial charge in [0.25, 0.3) is 0 Å². The Labute approximate surface area is 90.3 Å². The van der Waals surface area contributed by atoms with Gasteiger partial charge in [0, 0.05) is 31.9 Å². The van der Waals surface area contributed by atoms with Crippen molar-refractivity contribution in [1.29, 1.82) is 0 Å². The largest absolute Gasteiger partial charge is 0.542 e. The Morgan fingerprint density at radius 3 is 1.88 bits per heavy atom. The maximum Gasteiger partial charge on any atom is 0.430 e. The standard InChI is InChI=1S/C7H10N2.C2HF3O2/c1-9(2)7-3-5-8-6-4-7;3-2(4,5)1(6)7/h3-6H,1-2H3;(H,6,7). The predicted octanol–water partition coefficient (Wildman–Crippen LogP) is -0.135. The summed E-state index contributed by atoms with van der Waals surface area (Å²) in [6.45, 7) is 0. The second kappa shape index (κ2) is 5.94. The smallest absolute Gasteiger partial charge is 0.430 e.